The van der Waals surface area contributed by atoms with E-state index < -0.39 is 0 Å². The molecule has 1 fully saturated rings. The predicted molar refractivity (Wildman–Crippen MR) is 50.2 cm³/mol. The Kier molecular flexibility index (Phi) is 2.97. The van der Waals surface area contributed by atoms with E-state index >= 15 is 0 Å². The number of alkyl halides is 2. The van der Waals surface area contributed by atoms with Crippen molar-refractivity contribution in [1.29, 1.82) is 0 Å². The second kappa shape index (κ2) is 3.44. The lowest BCUT2D eigenvalue weighted by Gasteiger charge is -2.03. The minimum Gasteiger partial charge on any atom is -0.466 e. The molecule has 0 aromatic rings. The van der Waals surface area contributed by atoms with Gasteiger partial charge in [-0.1, -0.05) is 31.9 Å². The molecule has 0 bridgehead atoms. The normalized spacial score (nSPS) is 35.0. The number of ether oxygens (including phenoxy) is 1. The van der Waals surface area contributed by atoms with Crippen molar-refractivity contribution < 1.29 is 9.53 Å². The van der Waals surface area contributed by atoms with E-state index in [-0.39, 0.29) is 10.3 Å². The molecule has 0 saturated heterocycles. The molecule has 2 unspecified atom stereocenters. The van der Waals surface area contributed by atoms with E-state index in [4.69, 9.17) is 4.74 Å². The average molecular weight is 286 g/mol. The third-order valence-corrected chi connectivity index (χ3v) is 4.87. The average Bonchev–Trinajstić information content (AvgIpc) is 2.59. The molecule has 4 heteroatoms. The van der Waals surface area contributed by atoms with Gasteiger partial charge in [0.05, 0.1) is 6.61 Å². The fourth-order valence-electron chi connectivity index (χ4n) is 0.941. The Hall–Kier alpha value is 0.430. The molecule has 0 aliphatic heterocycles. The highest BCUT2D eigenvalue weighted by atomic mass is 79.9. The van der Waals surface area contributed by atoms with Gasteiger partial charge in [0.25, 0.3) is 0 Å². The van der Waals surface area contributed by atoms with E-state index in [1.807, 2.05) is 0 Å². The molecule has 1 aliphatic rings. The van der Waals surface area contributed by atoms with Crippen LogP contribution in [0.5, 0.6) is 0 Å². The Labute approximate surface area is 82.9 Å². The zero-order valence-corrected chi connectivity index (χ0v) is 9.44. The molecule has 0 radical (unpaired) electrons. The maximum atomic E-state index is 10.4. The third-order valence-electron chi connectivity index (χ3n) is 1.87. The van der Waals surface area contributed by atoms with Gasteiger partial charge in [0.1, 0.15) is 0 Å². The predicted octanol–water partition coefficient (Wildman–Crippen LogP) is 2.10. The van der Waals surface area contributed by atoms with E-state index in [2.05, 4.69) is 31.9 Å². The van der Waals surface area contributed by atoms with E-state index in [1.54, 1.807) is 0 Å². The summed E-state index contributed by atoms with van der Waals surface area (Å²) in [7, 11) is 0. The van der Waals surface area contributed by atoms with Crippen LogP contribution in [-0.2, 0) is 9.53 Å². The monoisotopic (exact) mass is 284 g/mol. The summed E-state index contributed by atoms with van der Waals surface area (Å²) in [6.45, 7) is 1.98. The number of hydrogen-bond donors (Lipinski definition) is 0. The molecule has 0 aromatic carbocycles. The lowest BCUT2D eigenvalue weighted by atomic mass is 10.4. The Morgan fingerprint density at radius 3 is 2.82 bits per heavy atom. The molecule has 0 aromatic heterocycles. The van der Waals surface area contributed by atoms with Crippen LogP contribution in [0, 0.1) is 5.92 Å². The van der Waals surface area contributed by atoms with Crippen LogP contribution < -0.4 is 0 Å². The minimum absolute atomic E-state index is 0.193. The topological polar surface area (TPSA) is 26.3 Å². The minimum atomic E-state index is -0.193. The first kappa shape index (κ1) is 9.52. The maximum Gasteiger partial charge on any atom is 0.302 e. The largest absolute Gasteiger partial charge is 0.466 e. The Bertz CT molecular complexity index is 172. The van der Waals surface area contributed by atoms with Crippen LogP contribution in [0.25, 0.3) is 0 Å². The molecule has 64 valence electrons. The number of esters is 1. The Balaban J connectivity index is 2.18. The molecule has 0 N–H and O–H groups in total. The van der Waals surface area contributed by atoms with Gasteiger partial charge >= 0.3 is 5.97 Å². The van der Waals surface area contributed by atoms with Gasteiger partial charge in [0, 0.05) is 22.5 Å². The zero-order chi connectivity index (χ0) is 8.48. The highest BCUT2D eigenvalue weighted by Crippen LogP contribution is 2.52. The van der Waals surface area contributed by atoms with E-state index in [9.17, 15) is 4.79 Å². The summed E-state index contributed by atoms with van der Waals surface area (Å²) in [6, 6.07) is 0. The van der Waals surface area contributed by atoms with Gasteiger partial charge in [-0.15, -0.1) is 0 Å². The van der Waals surface area contributed by atoms with Crippen molar-refractivity contribution in [3.8, 4) is 0 Å². The quantitative estimate of drug-likeness (QED) is 0.586. The number of hydrogen-bond acceptors (Lipinski definition) is 2. The first-order valence-electron chi connectivity index (χ1n) is 3.47. The molecule has 1 aliphatic carbocycles. The van der Waals surface area contributed by atoms with Crippen LogP contribution in [0.4, 0.5) is 0 Å². The van der Waals surface area contributed by atoms with Crippen molar-refractivity contribution in [2.45, 2.75) is 17.7 Å². The first-order valence-corrected chi connectivity index (χ1v) is 5.38. The lowest BCUT2D eigenvalue weighted by Crippen LogP contribution is -2.10. The van der Waals surface area contributed by atoms with Gasteiger partial charge in [-0.05, 0) is 6.42 Å². The highest BCUT2D eigenvalue weighted by Gasteiger charge is 2.51. The summed E-state index contributed by atoms with van der Waals surface area (Å²) in [6.07, 6.45) is 1.09. The van der Waals surface area contributed by atoms with Crippen molar-refractivity contribution in [2.24, 2.45) is 5.92 Å². The SMILES string of the molecule is CC(=O)OCC1CC1(Br)CBr. The number of rotatable bonds is 3. The molecule has 0 amide bonds. The second-order valence-corrected chi connectivity index (χ2v) is 5.01. The number of carbonyl (C=O) groups is 1. The van der Waals surface area contributed by atoms with Crippen LogP contribution in [0.1, 0.15) is 13.3 Å². The summed E-state index contributed by atoms with van der Waals surface area (Å²) in [5, 5.41) is 0.923. The van der Waals surface area contributed by atoms with E-state index in [1.165, 1.54) is 6.92 Å². The standard InChI is InChI=1S/C7H10Br2O2/c1-5(10)11-3-6-2-7(6,9)4-8/h6H,2-4H2,1H3. The van der Waals surface area contributed by atoms with Crippen molar-refractivity contribution in [3.63, 3.8) is 0 Å². The second-order valence-electron chi connectivity index (χ2n) is 2.87. The van der Waals surface area contributed by atoms with Crippen molar-refractivity contribution >= 4 is 37.8 Å². The Morgan fingerprint density at radius 1 is 1.82 bits per heavy atom. The van der Waals surface area contributed by atoms with Crippen LogP contribution >= 0.6 is 31.9 Å². The van der Waals surface area contributed by atoms with Gasteiger partial charge in [-0.25, -0.2) is 0 Å². The highest BCUT2D eigenvalue weighted by molar-refractivity contribution is 9.12. The molecule has 0 spiro atoms. The molecular weight excluding hydrogens is 276 g/mol. The summed E-state index contributed by atoms with van der Waals surface area (Å²) in [5.74, 6) is 0.298. The first-order chi connectivity index (χ1) is 5.08. The molecule has 2 nitrogen and oxygen atoms in total. The van der Waals surface area contributed by atoms with Crippen LogP contribution in [-0.4, -0.2) is 22.2 Å². The van der Waals surface area contributed by atoms with E-state index in [0.717, 1.165) is 11.8 Å². The molecule has 2 atom stereocenters. The lowest BCUT2D eigenvalue weighted by molar-refractivity contribution is -0.141. The van der Waals surface area contributed by atoms with E-state index in [0.29, 0.717) is 12.5 Å². The molecule has 11 heavy (non-hydrogen) atoms. The van der Waals surface area contributed by atoms with Gasteiger partial charge in [-0.2, -0.15) is 0 Å². The molecule has 1 saturated carbocycles. The Morgan fingerprint density at radius 2 is 2.45 bits per heavy atom. The fraction of sp³-hybridized carbons (Fsp3) is 0.857. The van der Waals surface area contributed by atoms with Gasteiger partial charge < -0.3 is 4.74 Å². The summed E-state index contributed by atoms with van der Waals surface area (Å²) >= 11 is 6.96. The van der Waals surface area contributed by atoms with Crippen LogP contribution in [0.15, 0.2) is 0 Å². The van der Waals surface area contributed by atoms with Gasteiger partial charge in [-0.3, -0.25) is 4.79 Å². The van der Waals surface area contributed by atoms with Gasteiger partial charge in [0.15, 0.2) is 0 Å². The summed E-state index contributed by atoms with van der Waals surface area (Å²) in [5.41, 5.74) is 0. The zero-order valence-electron chi connectivity index (χ0n) is 6.27. The summed E-state index contributed by atoms with van der Waals surface area (Å²) < 4.78 is 5.07. The number of carbonyl (C=O) groups excluding carboxylic acids is 1. The third kappa shape index (κ3) is 2.44. The van der Waals surface area contributed by atoms with Crippen molar-refractivity contribution in [1.82, 2.24) is 0 Å². The molecular formula is C7H10Br2O2. The smallest absolute Gasteiger partial charge is 0.302 e. The van der Waals surface area contributed by atoms with Crippen LogP contribution in [0.3, 0.4) is 0 Å². The van der Waals surface area contributed by atoms with Crippen molar-refractivity contribution in [3.05, 3.63) is 0 Å². The molecule has 0 heterocycles. The fourth-order valence-corrected chi connectivity index (χ4v) is 2.15. The van der Waals surface area contributed by atoms with Crippen LogP contribution in [0.2, 0.25) is 0 Å². The maximum absolute atomic E-state index is 10.4. The molecule has 1 rings (SSSR count). The van der Waals surface area contributed by atoms with Crippen molar-refractivity contribution in [2.75, 3.05) is 11.9 Å². The summed E-state index contributed by atoms with van der Waals surface area (Å²) in [4.78, 5) is 10.4. The number of halogens is 2. The van der Waals surface area contributed by atoms with Gasteiger partial charge in [0.2, 0.25) is 0 Å².